The molecule has 0 saturated carbocycles. The lowest BCUT2D eigenvalue weighted by atomic mass is 9.98. The molecule has 2 saturated heterocycles. The Morgan fingerprint density at radius 3 is 1.30 bits per heavy atom. The highest BCUT2D eigenvalue weighted by atomic mass is 35.5. The maximum atomic E-state index is 9.92. The first kappa shape index (κ1) is 27.8. The van der Waals surface area contributed by atoms with Crippen LogP contribution in [-0.4, -0.2) is 142 Å². The Morgan fingerprint density at radius 1 is 0.600 bits per heavy atom. The van der Waals surface area contributed by atoms with Crippen LogP contribution in [0, 0.1) is 0 Å². The lowest BCUT2D eigenvalue weighted by Crippen LogP contribution is -3.00. The summed E-state index contributed by atoms with van der Waals surface area (Å²) in [5, 5.41) is 84.8. The van der Waals surface area contributed by atoms with Crippen molar-refractivity contribution in [2.24, 2.45) is 0 Å². The van der Waals surface area contributed by atoms with Gasteiger partial charge in [-0.3, -0.25) is 10.6 Å². The summed E-state index contributed by atoms with van der Waals surface area (Å²) in [4.78, 5) is 0. The Kier molecular flexibility index (Phi) is 12.4. The fraction of sp³-hybridized carbons (Fsp3) is 1.00. The average Bonchev–Trinajstić information content (AvgIpc) is 2.72. The number of hydrogen-bond acceptors (Lipinski definition) is 12. The zero-order valence-electron chi connectivity index (χ0n) is 16.4. The van der Waals surface area contributed by atoms with Gasteiger partial charge in [-0.2, -0.15) is 0 Å². The van der Waals surface area contributed by atoms with Crippen LogP contribution in [0.25, 0.3) is 0 Å². The van der Waals surface area contributed by atoms with Crippen molar-refractivity contribution < 1.29 is 68.0 Å². The predicted molar refractivity (Wildman–Crippen MR) is 95.2 cm³/mol. The van der Waals surface area contributed by atoms with Crippen molar-refractivity contribution >= 4 is 0 Å². The third-order valence-corrected chi connectivity index (χ3v) is 5.17. The molecule has 2 rings (SSSR count). The van der Waals surface area contributed by atoms with Crippen LogP contribution >= 0.6 is 0 Å². The number of nitrogens with two attached hydrogens (primary N) is 1. The lowest BCUT2D eigenvalue weighted by molar-refractivity contribution is -0.651. The molecule has 0 amide bonds. The van der Waals surface area contributed by atoms with Gasteiger partial charge < -0.3 is 68.0 Å². The van der Waals surface area contributed by atoms with E-state index in [2.05, 4.69) is 10.6 Å². The van der Waals surface area contributed by atoms with Crippen LogP contribution in [0.5, 0.6) is 0 Å². The fourth-order valence-electron chi connectivity index (χ4n) is 3.34. The minimum Gasteiger partial charge on any atom is -1.00 e. The number of aliphatic hydroxyl groups excluding tert-OH is 8. The summed E-state index contributed by atoms with van der Waals surface area (Å²) in [6.45, 7) is 0.986. The van der Waals surface area contributed by atoms with Gasteiger partial charge in [-0.25, -0.2) is 0 Å². The summed E-state index contributed by atoms with van der Waals surface area (Å²) in [6.07, 6.45) is -12.1. The van der Waals surface area contributed by atoms with E-state index in [9.17, 15) is 30.6 Å². The molecule has 180 valence electrons. The van der Waals surface area contributed by atoms with Gasteiger partial charge in [0.25, 0.3) is 0 Å². The molecule has 12 N–H and O–H groups in total. The van der Waals surface area contributed by atoms with Crippen LogP contribution in [0.15, 0.2) is 0 Å². The topological polar surface area (TPSA) is 221 Å². The van der Waals surface area contributed by atoms with Gasteiger partial charge in [0.05, 0.1) is 26.3 Å². The molecule has 0 unspecified atom stereocenters. The Hall–Kier alpha value is -0.230. The second-order valence-electron chi connectivity index (χ2n) is 7.27. The quantitative estimate of drug-likeness (QED) is 0.136. The van der Waals surface area contributed by atoms with Crippen molar-refractivity contribution in [1.29, 1.82) is 0 Å². The Morgan fingerprint density at radius 2 is 0.967 bits per heavy atom. The minimum atomic E-state index is -1.43. The van der Waals surface area contributed by atoms with E-state index < -0.39 is 74.5 Å². The molecule has 0 bridgehead atoms. The molecule has 2 aliphatic rings. The smallest absolute Gasteiger partial charge is 0.137 e. The van der Waals surface area contributed by atoms with E-state index in [1.54, 1.807) is 0 Å². The molecule has 14 heteroatoms. The van der Waals surface area contributed by atoms with Crippen molar-refractivity contribution in [3.63, 3.8) is 0 Å². The number of hydrogen-bond donors (Lipinski definition) is 11. The highest BCUT2D eigenvalue weighted by molar-refractivity contribution is 4.91. The summed E-state index contributed by atoms with van der Waals surface area (Å²) in [7, 11) is 0. The van der Waals surface area contributed by atoms with E-state index in [4.69, 9.17) is 19.7 Å². The third kappa shape index (κ3) is 6.88. The Balaban J connectivity index is 0.00000450. The summed E-state index contributed by atoms with van der Waals surface area (Å²) in [5.74, 6) is 0. The normalized spacial score (nSPS) is 42.0. The van der Waals surface area contributed by atoms with E-state index >= 15 is 0 Å². The second kappa shape index (κ2) is 13.3. The molecule has 0 aromatic heterocycles. The van der Waals surface area contributed by atoms with Crippen molar-refractivity contribution in [3.05, 3.63) is 0 Å². The number of rotatable bonds is 10. The van der Waals surface area contributed by atoms with Gasteiger partial charge in [-0.05, 0) is 0 Å². The molecular weight excluding hydrogens is 430 g/mol. The van der Waals surface area contributed by atoms with E-state index in [0.29, 0.717) is 26.2 Å². The number of nitrogens with one attached hydrogen (secondary N) is 2. The van der Waals surface area contributed by atoms with Crippen LogP contribution in [0.2, 0.25) is 0 Å². The number of aliphatic hydroxyl groups is 8. The van der Waals surface area contributed by atoms with Gasteiger partial charge in [0, 0.05) is 13.1 Å². The standard InChI is InChI=1S/C16H33N3O10.ClH/c20-5-7-9(22)11(24)13(26)15(28-7)18-3-1-17-2-4-19-16-14(27)12(25)10(23)8(6-21)29-16;/h7-27H,1-6H2;1H/t7-,8-,9-,10-,11+,12+,13-,14-,15-,16-;/m1./s1. The second-order valence-corrected chi connectivity index (χ2v) is 7.27. The summed E-state index contributed by atoms with van der Waals surface area (Å²) < 4.78 is 10.7. The molecule has 2 aliphatic heterocycles. The Labute approximate surface area is 180 Å². The Bertz CT molecular complexity index is 441. The van der Waals surface area contributed by atoms with Crippen LogP contribution in [0.3, 0.4) is 0 Å². The minimum absolute atomic E-state index is 0. The number of ether oxygens (including phenoxy) is 2. The van der Waals surface area contributed by atoms with E-state index in [1.165, 1.54) is 0 Å². The molecule has 0 aromatic carbocycles. The monoisotopic (exact) mass is 463 g/mol. The molecule has 10 atom stereocenters. The summed E-state index contributed by atoms with van der Waals surface area (Å²) >= 11 is 0. The fourth-order valence-corrected chi connectivity index (χ4v) is 3.34. The molecule has 2 fully saturated rings. The molecule has 0 aliphatic carbocycles. The molecule has 2 heterocycles. The first-order valence-corrected chi connectivity index (χ1v) is 9.71. The average molecular weight is 464 g/mol. The summed E-state index contributed by atoms with van der Waals surface area (Å²) in [5.41, 5.74) is 0. The van der Waals surface area contributed by atoms with Gasteiger partial charge in [0.1, 0.15) is 61.3 Å². The van der Waals surface area contributed by atoms with Gasteiger partial charge in [0.2, 0.25) is 0 Å². The van der Waals surface area contributed by atoms with Gasteiger partial charge >= 0.3 is 0 Å². The van der Waals surface area contributed by atoms with Crippen molar-refractivity contribution in [3.8, 4) is 0 Å². The summed E-state index contributed by atoms with van der Waals surface area (Å²) in [6, 6.07) is 0. The largest absolute Gasteiger partial charge is 1.00 e. The van der Waals surface area contributed by atoms with E-state index in [-0.39, 0.29) is 12.4 Å². The molecule has 13 nitrogen and oxygen atoms in total. The zero-order valence-corrected chi connectivity index (χ0v) is 17.1. The van der Waals surface area contributed by atoms with Crippen LogP contribution in [-0.2, 0) is 9.47 Å². The molecule has 0 aromatic rings. The maximum Gasteiger partial charge on any atom is 0.137 e. The zero-order chi connectivity index (χ0) is 21.6. The van der Waals surface area contributed by atoms with Gasteiger partial charge in [-0.15, -0.1) is 0 Å². The van der Waals surface area contributed by atoms with Gasteiger partial charge in [0.15, 0.2) is 0 Å². The lowest BCUT2D eigenvalue weighted by Gasteiger charge is -2.40. The molecular formula is C16H34ClN3O10. The first-order valence-electron chi connectivity index (χ1n) is 9.71. The molecule has 30 heavy (non-hydrogen) atoms. The van der Waals surface area contributed by atoms with Crippen molar-refractivity contribution in [1.82, 2.24) is 10.6 Å². The number of halogens is 1. The van der Waals surface area contributed by atoms with E-state index in [0.717, 1.165) is 0 Å². The van der Waals surface area contributed by atoms with Crippen molar-refractivity contribution in [2.75, 3.05) is 39.4 Å². The van der Waals surface area contributed by atoms with Crippen LogP contribution < -0.4 is 28.4 Å². The molecule has 0 radical (unpaired) electrons. The maximum absolute atomic E-state index is 9.92. The first-order chi connectivity index (χ1) is 13.8. The van der Waals surface area contributed by atoms with Crippen molar-refractivity contribution in [2.45, 2.75) is 61.3 Å². The van der Waals surface area contributed by atoms with Gasteiger partial charge in [-0.1, -0.05) is 0 Å². The number of quaternary nitrogens is 1. The third-order valence-electron chi connectivity index (χ3n) is 5.17. The predicted octanol–water partition coefficient (Wildman–Crippen LogP) is -10.7. The van der Waals surface area contributed by atoms with E-state index in [1.807, 2.05) is 5.32 Å². The highest BCUT2D eigenvalue weighted by Gasteiger charge is 2.44. The highest BCUT2D eigenvalue weighted by Crippen LogP contribution is 2.20. The van der Waals surface area contributed by atoms with Crippen LogP contribution in [0.4, 0.5) is 0 Å². The SMILES string of the molecule is OC[C@H]1O[C@@H](NCC[NH2+]CCN[C@@H]2O[C@H](CO)[C@@H](O)[C@H](O)[C@H]2O)[C@H](O)[C@@H](O)[C@@H]1O.[Cl-]. The molecule has 0 spiro atoms. The van der Waals surface area contributed by atoms with Crippen LogP contribution in [0.1, 0.15) is 0 Å².